The number of nitrogens with two attached hydrogens (primary N) is 1. The van der Waals surface area contributed by atoms with Crippen LogP contribution < -0.4 is 5.73 Å². The number of benzene rings is 1. The van der Waals surface area contributed by atoms with Gasteiger partial charge in [-0.05, 0) is 31.2 Å². The van der Waals surface area contributed by atoms with E-state index in [1.165, 1.54) is 12.1 Å². The van der Waals surface area contributed by atoms with Gasteiger partial charge in [-0.25, -0.2) is 8.42 Å². The lowest BCUT2D eigenvalue weighted by Gasteiger charge is -2.09. The Balaban J connectivity index is 3.47. The smallest absolute Gasteiger partial charge is 0.176 e. The molecule has 0 aliphatic rings. The zero-order chi connectivity index (χ0) is 13.2. The second-order valence-electron chi connectivity index (χ2n) is 3.87. The maximum atomic E-state index is 11.7. The number of sulfone groups is 1. The third kappa shape index (κ3) is 3.04. The fourth-order valence-corrected chi connectivity index (χ4v) is 2.42. The molecule has 1 rings (SSSR count). The van der Waals surface area contributed by atoms with E-state index < -0.39 is 9.84 Å². The predicted octanol–water partition coefficient (Wildman–Crippen LogP) is 0.636. The second-order valence-corrected chi connectivity index (χ2v) is 5.85. The highest BCUT2D eigenvalue weighted by atomic mass is 32.2. The Morgan fingerprint density at radius 3 is 2.47 bits per heavy atom. The summed E-state index contributed by atoms with van der Waals surface area (Å²) >= 11 is 0. The van der Waals surface area contributed by atoms with Gasteiger partial charge in [0.25, 0.3) is 0 Å². The molecule has 0 atom stereocenters. The van der Waals surface area contributed by atoms with Crippen LogP contribution in [0.4, 0.5) is 0 Å². The van der Waals surface area contributed by atoms with Crippen LogP contribution >= 0.6 is 0 Å². The Morgan fingerprint density at radius 2 is 2.00 bits per heavy atom. The molecule has 0 saturated carbocycles. The first-order chi connectivity index (χ1) is 7.77. The van der Waals surface area contributed by atoms with E-state index in [-0.39, 0.29) is 35.0 Å². The van der Waals surface area contributed by atoms with Crippen LogP contribution in [0.3, 0.4) is 0 Å². The first kappa shape index (κ1) is 13.7. The molecule has 0 aliphatic carbocycles. The first-order valence-corrected chi connectivity index (χ1v) is 6.93. The third-order valence-electron chi connectivity index (χ3n) is 2.37. The molecule has 0 amide bonds. The molecule has 1 aromatic carbocycles. The van der Waals surface area contributed by atoms with Crippen LogP contribution in [0.5, 0.6) is 5.75 Å². The molecule has 0 radical (unpaired) electrons. The van der Waals surface area contributed by atoms with Crippen molar-refractivity contribution in [3.05, 3.63) is 23.3 Å². The lowest BCUT2D eigenvalue weighted by molar-refractivity contribution is 0.0982. The summed E-state index contributed by atoms with van der Waals surface area (Å²) in [5.74, 6) is -0.485. The van der Waals surface area contributed by atoms with E-state index in [1.54, 1.807) is 6.92 Å². The topological polar surface area (TPSA) is 97.5 Å². The largest absolute Gasteiger partial charge is 0.508 e. The molecular formula is C11H15NO4S. The van der Waals surface area contributed by atoms with Crippen molar-refractivity contribution in [2.45, 2.75) is 18.2 Å². The minimum absolute atomic E-state index is 0.000972. The van der Waals surface area contributed by atoms with Gasteiger partial charge in [0.1, 0.15) is 5.75 Å². The van der Waals surface area contributed by atoms with Crippen LogP contribution in [-0.4, -0.2) is 32.1 Å². The number of Topliss-reactive ketones (excluding diaryl/α,β-unsaturated/α-hetero) is 1. The monoisotopic (exact) mass is 257 g/mol. The lowest BCUT2D eigenvalue weighted by Crippen LogP contribution is -2.12. The van der Waals surface area contributed by atoms with Gasteiger partial charge in [0, 0.05) is 18.2 Å². The summed E-state index contributed by atoms with van der Waals surface area (Å²) in [6, 6.07) is 2.48. The number of aryl methyl sites for hydroxylation is 1. The molecule has 0 fully saturated rings. The summed E-state index contributed by atoms with van der Waals surface area (Å²) in [6.45, 7) is 1.71. The van der Waals surface area contributed by atoms with Gasteiger partial charge in [0.2, 0.25) is 0 Å². The second kappa shape index (κ2) is 4.85. The van der Waals surface area contributed by atoms with Gasteiger partial charge < -0.3 is 10.8 Å². The van der Waals surface area contributed by atoms with Crippen molar-refractivity contribution in [2.24, 2.45) is 5.73 Å². The minimum atomic E-state index is -3.51. The zero-order valence-corrected chi connectivity index (χ0v) is 10.5. The van der Waals surface area contributed by atoms with Gasteiger partial charge in [-0.2, -0.15) is 0 Å². The van der Waals surface area contributed by atoms with Crippen LogP contribution in [0.25, 0.3) is 0 Å². The quantitative estimate of drug-likeness (QED) is 0.771. The highest BCUT2D eigenvalue weighted by Gasteiger charge is 2.20. The number of phenolic OH excluding ortho intramolecular Hbond substituents is 1. The van der Waals surface area contributed by atoms with Crippen LogP contribution in [0.2, 0.25) is 0 Å². The Kier molecular flexibility index (Phi) is 3.90. The van der Waals surface area contributed by atoms with E-state index in [1.807, 2.05) is 0 Å². The van der Waals surface area contributed by atoms with Crippen LogP contribution in [0, 0.1) is 6.92 Å². The minimum Gasteiger partial charge on any atom is -0.508 e. The molecule has 0 spiro atoms. The van der Waals surface area contributed by atoms with Crippen molar-refractivity contribution in [2.75, 3.05) is 12.8 Å². The molecule has 94 valence electrons. The number of rotatable bonds is 4. The van der Waals surface area contributed by atoms with Crippen molar-refractivity contribution < 1.29 is 18.3 Å². The number of carbonyl (C=O) groups is 1. The Labute approximate surface area is 100 Å². The van der Waals surface area contributed by atoms with Gasteiger partial charge in [0.15, 0.2) is 15.6 Å². The fourth-order valence-electron chi connectivity index (χ4n) is 1.46. The average Bonchev–Trinajstić information content (AvgIpc) is 2.20. The number of phenols is 1. The average molecular weight is 257 g/mol. The van der Waals surface area contributed by atoms with Gasteiger partial charge in [0.05, 0.1) is 4.90 Å². The summed E-state index contributed by atoms with van der Waals surface area (Å²) in [5, 5.41) is 9.53. The van der Waals surface area contributed by atoms with Crippen LogP contribution in [0.1, 0.15) is 22.3 Å². The number of carbonyl (C=O) groups excluding carboxylic acids is 1. The Hall–Kier alpha value is -1.40. The van der Waals surface area contributed by atoms with E-state index in [9.17, 15) is 18.3 Å². The predicted molar refractivity (Wildman–Crippen MR) is 64.0 cm³/mol. The van der Waals surface area contributed by atoms with Crippen molar-refractivity contribution in [3.63, 3.8) is 0 Å². The molecule has 0 bridgehead atoms. The molecule has 0 aromatic heterocycles. The van der Waals surface area contributed by atoms with Gasteiger partial charge in [-0.1, -0.05) is 0 Å². The third-order valence-corrected chi connectivity index (χ3v) is 3.51. The molecule has 3 N–H and O–H groups in total. The molecule has 6 heteroatoms. The molecule has 17 heavy (non-hydrogen) atoms. The molecule has 0 heterocycles. The molecular weight excluding hydrogens is 242 g/mol. The highest BCUT2D eigenvalue weighted by Crippen LogP contribution is 2.26. The van der Waals surface area contributed by atoms with E-state index in [4.69, 9.17) is 5.73 Å². The summed E-state index contributed by atoms with van der Waals surface area (Å²) in [4.78, 5) is 11.7. The molecule has 0 aliphatic heterocycles. The standard InChI is InChI=1S/C11H15NO4S/c1-7-5-11(17(2,15)16)8(6-10(7)14)9(13)3-4-12/h5-6,14H,3-4,12H2,1-2H3. The lowest BCUT2D eigenvalue weighted by atomic mass is 10.1. The zero-order valence-electron chi connectivity index (χ0n) is 9.73. The summed E-state index contributed by atoms with van der Waals surface area (Å²) < 4.78 is 23.1. The SMILES string of the molecule is Cc1cc(S(C)(=O)=O)c(C(=O)CCN)cc1O. The van der Waals surface area contributed by atoms with E-state index >= 15 is 0 Å². The van der Waals surface area contributed by atoms with Crippen LogP contribution in [0.15, 0.2) is 17.0 Å². The summed E-state index contributed by atoms with van der Waals surface area (Å²) in [7, 11) is -3.51. The van der Waals surface area contributed by atoms with E-state index in [2.05, 4.69) is 0 Å². The van der Waals surface area contributed by atoms with Crippen molar-refractivity contribution >= 4 is 15.6 Å². The van der Waals surface area contributed by atoms with Gasteiger partial charge >= 0.3 is 0 Å². The Morgan fingerprint density at radius 1 is 1.41 bits per heavy atom. The number of aromatic hydroxyl groups is 1. The maximum absolute atomic E-state index is 11.7. The normalized spacial score (nSPS) is 11.5. The van der Waals surface area contributed by atoms with E-state index in [0.717, 1.165) is 6.26 Å². The fraction of sp³-hybridized carbons (Fsp3) is 0.364. The van der Waals surface area contributed by atoms with Crippen molar-refractivity contribution in [1.82, 2.24) is 0 Å². The van der Waals surface area contributed by atoms with Crippen molar-refractivity contribution in [1.29, 1.82) is 0 Å². The first-order valence-electron chi connectivity index (χ1n) is 5.04. The number of ketones is 1. The molecule has 5 nitrogen and oxygen atoms in total. The van der Waals surface area contributed by atoms with Crippen molar-refractivity contribution in [3.8, 4) is 5.75 Å². The molecule has 1 aromatic rings. The van der Waals surface area contributed by atoms with E-state index in [0.29, 0.717) is 5.56 Å². The number of hydrogen-bond acceptors (Lipinski definition) is 5. The maximum Gasteiger partial charge on any atom is 0.176 e. The highest BCUT2D eigenvalue weighted by molar-refractivity contribution is 7.90. The van der Waals surface area contributed by atoms with Gasteiger partial charge in [-0.15, -0.1) is 0 Å². The summed E-state index contributed by atoms with van der Waals surface area (Å²) in [6.07, 6.45) is 1.07. The molecule has 0 saturated heterocycles. The Bertz CT molecular complexity index is 549. The summed E-state index contributed by atoms with van der Waals surface area (Å²) in [5.41, 5.74) is 5.67. The molecule has 0 unspecified atom stereocenters. The number of hydrogen-bond donors (Lipinski definition) is 2. The van der Waals surface area contributed by atoms with Gasteiger partial charge in [-0.3, -0.25) is 4.79 Å². The van der Waals surface area contributed by atoms with Crippen LogP contribution in [-0.2, 0) is 9.84 Å².